The lowest BCUT2D eigenvalue weighted by atomic mass is 10.1. The van der Waals surface area contributed by atoms with Gasteiger partial charge >= 0.3 is 0 Å². The van der Waals surface area contributed by atoms with Crippen molar-refractivity contribution in [3.8, 4) is 17.4 Å². The Morgan fingerprint density at radius 2 is 1.81 bits per heavy atom. The number of anilines is 1. The molecule has 0 atom stereocenters. The first-order valence-electron chi connectivity index (χ1n) is 9.25. The number of para-hydroxylation sites is 1. The molecule has 1 aromatic heterocycles. The number of imide groups is 1. The van der Waals surface area contributed by atoms with E-state index in [2.05, 4.69) is 11.4 Å². The van der Waals surface area contributed by atoms with Crippen molar-refractivity contribution in [3.05, 3.63) is 83.0 Å². The second-order valence-electron chi connectivity index (χ2n) is 6.54. The molecule has 0 saturated carbocycles. The number of nitrogens with one attached hydrogen (secondary N) is 1. The van der Waals surface area contributed by atoms with Crippen molar-refractivity contribution in [3.63, 3.8) is 0 Å². The fraction of sp³-hybridized carbons (Fsp3) is 0.0435. The summed E-state index contributed by atoms with van der Waals surface area (Å²) < 4.78 is 5.75. The largest absolute Gasteiger partial charge is 0.457 e. The zero-order valence-electron chi connectivity index (χ0n) is 16.1. The maximum Gasteiger partial charge on any atom is 0.294 e. The molecule has 31 heavy (non-hydrogen) atoms. The average molecular weight is 429 g/mol. The van der Waals surface area contributed by atoms with Crippen molar-refractivity contribution in [2.24, 2.45) is 0 Å². The van der Waals surface area contributed by atoms with Crippen molar-refractivity contribution in [2.75, 3.05) is 11.9 Å². The van der Waals surface area contributed by atoms with Crippen molar-refractivity contribution in [1.82, 2.24) is 4.90 Å². The Kier molecular flexibility index (Phi) is 5.69. The van der Waals surface area contributed by atoms with Gasteiger partial charge in [0, 0.05) is 17.3 Å². The number of furan rings is 1. The summed E-state index contributed by atoms with van der Waals surface area (Å²) in [5, 5.41) is 11.4. The van der Waals surface area contributed by atoms with Crippen molar-refractivity contribution in [1.29, 1.82) is 5.26 Å². The van der Waals surface area contributed by atoms with E-state index in [0.717, 1.165) is 16.7 Å². The normalized spacial score (nSPS) is 14.7. The number of carbonyl (C=O) groups excluding carboxylic acids is 3. The lowest BCUT2D eigenvalue weighted by Crippen LogP contribution is -2.36. The summed E-state index contributed by atoms with van der Waals surface area (Å²) in [6, 6.07) is 21.2. The molecule has 3 aromatic rings. The molecule has 0 radical (unpaired) electrons. The number of rotatable bonds is 5. The van der Waals surface area contributed by atoms with Crippen LogP contribution in [0.1, 0.15) is 11.3 Å². The first kappa shape index (κ1) is 20.2. The minimum absolute atomic E-state index is 0.159. The molecule has 3 amide bonds. The summed E-state index contributed by atoms with van der Waals surface area (Å²) in [5.74, 6) is -0.191. The predicted octanol–water partition coefficient (Wildman–Crippen LogP) is 4.49. The van der Waals surface area contributed by atoms with E-state index < -0.39 is 17.1 Å². The van der Waals surface area contributed by atoms with Crippen LogP contribution >= 0.6 is 11.8 Å². The predicted molar refractivity (Wildman–Crippen MR) is 117 cm³/mol. The summed E-state index contributed by atoms with van der Waals surface area (Å²) in [6.07, 6.45) is 1.46. The quantitative estimate of drug-likeness (QED) is 0.599. The van der Waals surface area contributed by atoms with Gasteiger partial charge in [-0.25, -0.2) is 0 Å². The Labute approximate surface area is 182 Å². The van der Waals surface area contributed by atoms with Gasteiger partial charge in [-0.3, -0.25) is 19.3 Å². The molecule has 2 aromatic carbocycles. The molecule has 2 heterocycles. The topological polar surface area (TPSA) is 103 Å². The average Bonchev–Trinajstić information content (AvgIpc) is 3.34. The monoisotopic (exact) mass is 429 g/mol. The van der Waals surface area contributed by atoms with Gasteiger partial charge in [0.15, 0.2) is 0 Å². The summed E-state index contributed by atoms with van der Waals surface area (Å²) in [7, 11) is 0. The molecule has 8 heteroatoms. The number of hydrogen-bond donors (Lipinski definition) is 1. The summed E-state index contributed by atoms with van der Waals surface area (Å²) >= 11 is 0.744. The van der Waals surface area contributed by atoms with Crippen LogP contribution in [0.2, 0.25) is 0 Å². The number of benzene rings is 2. The molecule has 0 aliphatic carbocycles. The summed E-state index contributed by atoms with van der Waals surface area (Å²) in [5.41, 5.74) is 1.68. The van der Waals surface area contributed by atoms with Gasteiger partial charge in [-0.05, 0) is 48.2 Å². The standard InChI is InChI=1S/C23H15N3O4S/c24-13-15-6-4-5-9-18(15)19-11-10-17(30-19)12-20-22(28)26(23(29)31-20)14-21(27)25-16-7-2-1-3-8-16/h1-12H,14H2,(H,25,27)/b20-12-. The first-order valence-corrected chi connectivity index (χ1v) is 10.1. The second-order valence-corrected chi connectivity index (χ2v) is 7.53. The van der Waals surface area contributed by atoms with Gasteiger partial charge < -0.3 is 9.73 Å². The first-order chi connectivity index (χ1) is 15.0. The number of carbonyl (C=O) groups is 3. The zero-order valence-corrected chi connectivity index (χ0v) is 16.9. The van der Waals surface area contributed by atoms with Crippen LogP contribution in [0.3, 0.4) is 0 Å². The highest BCUT2D eigenvalue weighted by molar-refractivity contribution is 8.18. The molecule has 0 unspecified atom stereocenters. The number of hydrogen-bond acceptors (Lipinski definition) is 6. The Morgan fingerprint density at radius 3 is 2.58 bits per heavy atom. The third-order valence-corrected chi connectivity index (χ3v) is 5.35. The van der Waals surface area contributed by atoms with Gasteiger partial charge in [0.1, 0.15) is 18.1 Å². The van der Waals surface area contributed by atoms with Crippen LogP contribution in [0.5, 0.6) is 0 Å². The third kappa shape index (κ3) is 4.42. The number of nitriles is 1. The maximum atomic E-state index is 12.6. The van der Waals surface area contributed by atoms with E-state index >= 15 is 0 Å². The Balaban J connectivity index is 1.48. The van der Waals surface area contributed by atoms with Crippen LogP contribution in [-0.4, -0.2) is 28.5 Å². The fourth-order valence-electron chi connectivity index (χ4n) is 3.00. The minimum Gasteiger partial charge on any atom is -0.457 e. The molecule has 1 aliphatic heterocycles. The smallest absolute Gasteiger partial charge is 0.294 e. The highest BCUT2D eigenvalue weighted by atomic mass is 32.2. The van der Waals surface area contributed by atoms with Gasteiger partial charge in [0.2, 0.25) is 5.91 Å². The van der Waals surface area contributed by atoms with Gasteiger partial charge in [-0.1, -0.05) is 30.3 Å². The van der Waals surface area contributed by atoms with E-state index in [-0.39, 0.29) is 11.4 Å². The lowest BCUT2D eigenvalue weighted by molar-refractivity contribution is -0.127. The fourth-order valence-corrected chi connectivity index (χ4v) is 3.82. The van der Waals surface area contributed by atoms with Crippen molar-refractivity contribution in [2.45, 2.75) is 0 Å². The summed E-state index contributed by atoms with van der Waals surface area (Å²) in [6.45, 7) is -0.379. The van der Waals surface area contributed by atoms with Crippen LogP contribution in [0.25, 0.3) is 17.4 Å². The molecule has 0 spiro atoms. The molecule has 0 bridgehead atoms. The van der Waals surface area contributed by atoms with E-state index in [4.69, 9.17) is 4.42 Å². The third-order valence-electron chi connectivity index (χ3n) is 4.45. The molecule has 1 saturated heterocycles. The van der Waals surface area contributed by atoms with Gasteiger partial charge in [0.25, 0.3) is 11.1 Å². The van der Waals surface area contributed by atoms with Crippen LogP contribution in [0.4, 0.5) is 10.5 Å². The van der Waals surface area contributed by atoms with Crippen LogP contribution < -0.4 is 5.32 Å². The molecule has 7 nitrogen and oxygen atoms in total. The zero-order chi connectivity index (χ0) is 21.8. The molecule has 4 rings (SSSR count). The lowest BCUT2D eigenvalue weighted by Gasteiger charge is -2.12. The number of nitrogens with zero attached hydrogens (tertiary/aromatic N) is 2. The molecule has 152 valence electrons. The minimum atomic E-state index is -0.561. The number of thioether (sulfide) groups is 1. The van der Waals surface area contributed by atoms with E-state index in [1.807, 2.05) is 6.07 Å². The van der Waals surface area contributed by atoms with Crippen molar-refractivity contribution >= 4 is 40.6 Å². The van der Waals surface area contributed by atoms with Crippen LogP contribution in [0, 0.1) is 11.3 Å². The van der Waals surface area contributed by atoms with E-state index in [1.54, 1.807) is 60.7 Å². The maximum absolute atomic E-state index is 12.6. The molecular formula is C23H15N3O4S. The van der Waals surface area contributed by atoms with Gasteiger partial charge in [-0.15, -0.1) is 0 Å². The Bertz CT molecular complexity index is 1240. The van der Waals surface area contributed by atoms with E-state index in [0.29, 0.717) is 28.3 Å². The molecule has 1 aliphatic rings. The summed E-state index contributed by atoms with van der Waals surface area (Å²) in [4.78, 5) is 38.2. The highest BCUT2D eigenvalue weighted by Gasteiger charge is 2.36. The second kappa shape index (κ2) is 8.73. The molecule has 1 fully saturated rings. The Hall–Kier alpha value is -4.09. The Morgan fingerprint density at radius 1 is 1.06 bits per heavy atom. The van der Waals surface area contributed by atoms with Gasteiger partial charge in [-0.2, -0.15) is 5.26 Å². The molecule has 1 N–H and O–H groups in total. The van der Waals surface area contributed by atoms with E-state index in [1.165, 1.54) is 6.08 Å². The van der Waals surface area contributed by atoms with Crippen LogP contribution in [0.15, 0.2) is 76.1 Å². The van der Waals surface area contributed by atoms with Crippen LogP contribution in [-0.2, 0) is 9.59 Å². The molecular weight excluding hydrogens is 414 g/mol. The highest BCUT2D eigenvalue weighted by Crippen LogP contribution is 2.33. The van der Waals surface area contributed by atoms with Crippen molar-refractivity contribution < 1.29 is 18.8 Å². The number of amides is 3. The SMILES string of the molecule is N#Cc1ccccc1-c1ccc(/C=C2\SC(=O)N(CC(=O)Nc3ccccc3)C2=O)o1. The van der Waals surface area contributed by atoms with E-state index in [9.17, 15) is 19.6 Å². The van der Waals surface area contributed by atoms with Gasteiger partial charge in [0.05, 0.1) is 16.5 Å².